The van der Waals surface area contributed by atoms with Gasteiger partial charge in [-0.2, -0.15) is 5.10 Å². The lowest BCUT2D eigenvalue weighted by molar-refractivity contribution is -0.133. The first-order valence-corrected chi connectivity index (χ1v) is 9.11. The number of nitrogens with zero attached hydrogens (tertiary/aromatic N) is 4. The molecule has 2 aromatic heterocycles. The van der Waals surface area contributed by atoms with Gasteiger partial charge in [0.2, 0.25) is 5.91 Å². The predicted molar refractivity (Wildman–Crippen MR) is 96.5 cm³/mol. The number of piperidine rings is 1. The van der Waals surface area contributed by atoms with Crippen molar-refractivity contribution in [3.05, 3.63) is 72.0 Å². The van der Waals surface area contributed by atoms with Crippen LogP contribution in [0.3, 0.4) is 0 Å². The largest absolute Gasteiger partial charge is 0.445 e. The van der Waals surface area contributed by atoms with E-state index in [4.69, 9.17) is 4.42 Å². The Morgan fingerprint density at radius 1 is 1.30 bits per heavy atom. The van der Waals surface area contributed by atoms with Crippen LogP contribution in [-0.4, -0.2) is 38.7 Å². The number of halogens is 1. The van der Waals surface area contributed by atoms with Gasteiger partial charge in [0.15, 0.2) is 5.89 Å². The molecule has 1 aromatic carbocycles. The third kappa shape index (κ3) is 4.24. The number of carbonyl (C=O) groups is 1. The summed E-state index contributed by atoms with van der Waals surface area (Å²) in [6.45, 7) is 1.61. The van der Waals surface area contributed by atoms with E-state index in [0.717, 1.165) is 30.7 Å². The van der Waals surface area contributed by atoms with Crippen molar-refractivity contribution in [3.8, 4) is 0 Å². The molecule has 1 amide bonds. The molecule has 4 rings (SSSR count). The third-order valence-corrected chi connectivity index (χ3v) is 4.84. The Morgan fingerprint density at radius 2 is 2.15 bits per heavy atom. The van der Waals surface area contributed by atoms with Crippen molar-refractivity contribution >= 4 is 5.91 Å². The fourth-order valence-electron chi connectivity index (χ4n) is 3.43. The van der Waals surface area contributed by atoms with Crippen molar-refractivity contribution in [2.45, 2.75) is 31.7 Å². The molecule has 6 nitrogen and oxygen atoms in total. The minimum Gasteiger partial charge on any atom is -0.445 e. The lowest BCUT2D eigenvalue weighted by Gasteiger charge is -2.31. The predicted octanol–water partition coefficient (Wildman–Crippen LogP) is 3.01. The highest BCUT2D eigenvalue weighted by atomic mass is 19.1. The molecule has 7 heteroatoms. The molecule has 0 saturated carbocycles. The van der Waals surface area contributed by atoms with Crippen LogP contribution in [0.4, 0.5) is 4.39 Å². The van der Waals surface area contributed by atoms with E-state index in [1.165, 1.54) is 12.1 Å². The number of hydrogen-bond donors (Lipinski definition) is 0. The Labute approximate surface area is 156 Å². The molecule has 3 heterocycles. The molecule has 0 radical (unpaired) electrons. The Morgan fingerprint density at radius 3 is 2.93 bits per heavy atom. The molecule has 0 bridgehead atoms. The Kier molecular flexibility index (Phi) is 5.00. The lowest BCUT2D eigenvalue weighted by atomic mass is 9.98. The van der Waals surface area contributed by atoms with Crippen molar-refractivity contribution in [2.75, 3.05) is 13.1 Å². The van der Waals surface area contributed by atoms with Gasteiger partial charge in [-0.05, 0) is 36.6 Å². The summed E-state index contributed by atoms with van der Waals surface area (Å²) in [5.74, 6) is 1.32. The van der Waals surface area contributed by atoms with E-state index in [0.29, 0.717) is 18.9 Å². The van der Waals surface area contributed by atoms with Crippen LogP contribution < -0.4 is 0 Å². The fraction of sp³-hybridized carbons (Fsp3) is 0.350. The van der Waals surface area contributed by atoms with E-state index in [-0.39, 0.29) is 24.2 Å². The lowest BCUT2D eigenvalue weighted by Crippen LogP contribution is -2.41. The number of amides is 1. The van der Waals surface area contributed by atoms with Crippen LogP contribution in [0.1, 0.15) is 36.0 Å². The first-order valence-electron chi connectivity index (χ1n) is 9.11. The van der Waals surface area contributed by atoms with Gasteiger partial charge in [-0.15, -0.1) is 0 Å². The van der Waals surface area contributed by atoms with Crippen molar-refractivity contribution < 1.29 is 13.6 Å². The van der Waals surface area contributed by atoms with E-state index in [2.05, 4.69) is 10.1 Å². The third-order valence-electron chi connectivity index (χ3n) is 4.84. The van der Waals surface area contributed by atoms with Crippen LogP contribution >= 0.6 is 0 Å². The van der Waals surface area contributed by atoms with Crippen LogP contribution in [0.2, 0.25) is 0 Å². The minimum atomic E-state index is -0.251. The van der Waals surface area contributed by atoms with Crippen molar-refractivity contribution in [1.82, 2.24) is 19.7 Å². The molecule has 27 heavy (non-hydrogen) atoms. The molecular formula is C20H21FN4O2. The minimum absolute atomic E-state index is 0.0569. The number of likely N-dealkylation sites (tertiary alicyclic amines) is 1. The van der Waals surface area contributed by atoms with Crippen LogP contribution in [0.5, 0.6) is 0 Å². The Bertz CT molecular complexity index is 889. The summed E-state index contributed by atoms with van der Waals surface area (Å²) in [7, 11) is 0. The van der Waals surface area contributed by atoms with Crippen LogP contribution in [0.25, 0.3) is 0 Å². The molecule has 1 atom stereocenters. The SMILES string of the molecule is O=C(Cn1cccn1)N1CCCC(c2ncc(Cc3ccc(F)cc3)o2)C1. The van der Waals surface area contributed by atoms with Gasteiger partial charge in [0.25, 0.3) is 0 Å². The molecule has 1 unspecified atom stereocenters. The second kappa shape index (κ2) is 7.73. The summed E-state index contributed by atoms with van der Waals surface area (Å²) in [4.78, 5) is 18.8. The molecule has 1 aliphatic heterocycles. The molecule has 0 aliphatic carbocycles. The highest BCUT2D eigenvalue weighted by Crippen LogP contribution is 2.27. The number of benzene rings is 1. The zero-order valence-corrected chi connectivity index (χ0v) is 14.9. The molecule has 1 aliphatic rings. The highest BCUT2D eigenvalue weighted by molar-refractivity contribution is 5.76. The summed E-state index contributed by atoms with van der Waals surface area (Å²) in [6, 6.07) is 8.18. The van der Waals surface area contributed by atoms with Crippen molar-refractivity contribution in [3.63, 3.8) is 0 Å². The zero-order valence-electron chi connectivity index (χ0n) is 14.9. The molecule has 0 N–H and O–H groups in total. The highest BCUT2D eigenvalue weighted by Gasteiger charge is 2.28. The molecular weight excluding hydrogens is 347 g/mol. The number of oxazole rings is 1. The van der Waals surface area contributed by atoms with E-state index < -0.39 is 0 Å². The van der Waals surface area contributed by atoms with Gasteiger partial charge < -0.3 is 9.32 Å². The number of aromatic nitrogens is 3. The first-order chi connectivity index (χ1) is 13.2. The second-order valence-corrected chi connectivity index (χ2v) is 6.85. The monoisotopic (exact) mass is 368 g/mol. The van der Waals surface area contributed by atoms with E-state index in [1.807, 2.05) is 11.0 Å². The van der Waals surface area contributed by atoms with Gasteiger partial charge in [0, 0.05) is 31.9 Å². The molecule has 0 spiro atoms. The quantitative estimate of drug-likeness (QED) is 0.694. The average molecular weight is 368 g/mol. The summed E-state index contributed by atoms with van der Waals surface area (Å²) in [6.07, 6.45) is 7.62. The Balaban J connectivity index is 1.39. The van der Waals surface area contributed by atoms with Gasteiger partial charge in [0.05, 0.1) is 12.1 Å². The molecule has 3 aromatic rings. The topological polar surface area (TPSA) is 64.2 Å². The maximum atomic E-state index is 13.0. The van der Waals surface area contributed by atoms with Crippen molar-refractivity contribution in [2.24, 2.45) is 0 Å². The molecule has 140 valence electrons. The Hall–Kier alpha value is -2.96. The summed E-state index contributed by atoms with van der Waals surface area (Å²) in [5.41, 5.74) is 0.971. The number of rotatable bonds is 5. The molecule has 1 fully saturated rings. The summed E-state index contributed by atoms with van der Waals surface area (Å²) < 4.78 is 20.6. The summed E-state index contributed by atoms with van der Waals surface area (Å²) >= 11 is 0. The van der Waals surface area contributed by atoms with Gasteiger partial charge >= 0.3 is 0 Å². The van der Waals surface area contributed by atoms with Gasteiger partial charge in [-0.25, -0.2) is 9.37 Å². The van der Waals surface area contributed by atoms with Gasteiger partial charge in [0.1, 0.15) is 18.1 Å². The maximum Gasteiger partial charge on any atom is 0.244 e. The van der Waals surface area contributed by atoms with E-state index in [1.54, 1.807) is 35.4 Å². The normalized spacial score (nSPS) is 17.2. The molecule has 1 saturated heterocycles. The van der Waals surface area contributed by atoms with E-state index >= 15 is 0 Å². The second-order valence-electron chi connectivity index (χ2n) is 6.85. The van der Waals surface area contributed by atoms with Crippen LogP contribution in [-0.2, 0) is 17.8 Å². The standard InChI is InChI=1S/C20H21FN4O2/c21-17-6-4-15(5-7-17)11-18-12-22-20(27-18)16-3-1-9-24(13-16)19(26)14-25-10-2-8-23-25/h2,4-8,10,12,16H,1,3,9,11,13-14H2. The number of carbonyl (C=O) groups excluding carboxylic acids is 1. The first kappa shape index (κ1) is 17.5. The fourth-order valence-corrected chi connectivity index (χ4v) is 3.43. The summed E-state index contributed by atoms with van der Waals surface area (Å²) in [5, 5.41) is 4.09. The zero-order chi connectivity index (χ0) is 18.6. The maximum absolute atomic E-state index is 13.0. The van der Waals surface area contributed by atoms with Crippen LogP contribution in [0, 0.1) is 5.82 Å². The smallest absolute Gasteiger partial charge is 0.244 e. The van der Waals surface area contributed by atoms with Crippen molar-refractivity contribution in [1.29, 1.82) is 0 Å². The average Bonchev–Trinajstić information content (AvgIpc) is 3.36. The van der Waals surface area contributed by atoms with Crippen LogP contribution in [0.15, 0.2) is 53.3 Å². The van der Waals surface area contributed by atoms with Gasteiger partial charge in [-0.3, -0.25) is 9.48 Å². The van der Waals surface area contributed by atoms with E-state index in [9.17, 15) is 9.18 Å². The number of hydrogen-bond acceptors (Lipinski definition) is 4. The van der Waals surface area contributed by atoms with Gasteiger partial charge in [-0.1, -0.05) is 12.1 Å².